The molecule has 0 atom stereocenters. The molecule has 28 heavy (non-hydrogen) atoms. The summed E-state index contributed by atoms with van der Waals surface area (Å²) >= 11 is 0. The summed E-state index contributed by atoms with van der Waals surface area (Å²) in [5.74, 6) is 1.94. The first-order valence-electron chi connectivity index (χ1n) is 9.01. The van der Waals surface area contributed by atoms with E-state index in [4.69, 9.17) is 14.0 Å². The molecule has 0 aliphatic rings. The highest BCUT2D eigenvalue weighted by molar-refractivity contribution is 5.96. The zero-order valence-corrected chi connectivity index (χ0v) is 16.6. The van der Waals surface area contributed by atoms with E-state index in [1.165, 1.54) is 0 Å². The Labute approximate surface area is 164 Å². The molecule has 0 aliphatic carbocycles. The van der Waals surface area contributed by atoms with Gasteiger partial charge in [0.15, 0.2) is 0 Å². The van der Waals surface area contributed by atoms with Gasteiger partial charge in [-0.15, -0.1) is 0 Å². The lowest BCUT2D eigenvalue weighted by molar-refractivity contribution is 0.0780. The molecule has 0 unspecified atom stereocenters. The van der Waals surface area contributed by atoms with Gasteiger partial charge in [-0.2, -0.15) is 0 Å². The molecule has 1 aromatic heterocycles. The SMILES string of the molecule is COc1ccc(CN(C)C(=O)c2ccccc2OCc2c(C)noc2C)cc1. The highest BCUT2D eigenvalue weighted by Gasteiger charge is 2.18. The molecule has 2 aromatic carbocycles. The Morgan fingerprint density at radius 2 is 1.82 bits per heavy atom. The third-order valence-corrected chi connectivity index (χ3v) is 4.60. The molecule has 0 saturated heterocycles. The number of aromatic nitrogens is 1. The minimum atomic E-state index is -0.106. The molecule has 3 rings (SSSR count). The quantitative estimate of drug-likeness (QED) is 0.616. The third-order valence-electron chi connectivity index (χ3n) is 4.60. The molecule has 0 aliphatic heterocycles. The summed E-state index contributed by atoms with van der Waals surface area (Å²) in [5.41, 5.74) is 3.22. The van der Waals surface area contributed by atoms with E-state index in [2.05, 4.69) is 5.16 Å². The number of nitrogens with zero attached hydrogens (tertiary/aromatic N) is 2. The maximum atomic E-state index is 13.0. The van der Waals surface area contributed by atoms with Gasteiger partial charge >= 0.3 is 0 Å². The summed E-state index contributed by atoms with van der Waals surface area (Å²) in [7, 11) is 3.40. The summed E-state index contributed by atoms with van der Waals surface area (Å²) < 4.78 is 16.3. The maximum absolute atomic E-state index is 13.0. The lowest BCUT2D eigenvalue weighted by atomic mass is 10.1. The van der Waals surface area contributed by atoms with Crippen molar-refractivity contribution in [3.63, 3.8) is 0 Å². The number of carbonyl (C=O) groups is 1. The Hall–Kier alpha value is -3.28. The van der Waals surface area contributed by atoms with Crippen LogP contribution in [0.15, 0.2) is 53.1 Å². The standard InChI is InChI=1S/C22H24N2O4/c1-15-20(16(2)28-23-15)14-27-21-8-6-5-7-19(21)22(25)24(3)13-17-9-11-18(26-4)12-10-17/h5-12H,13-14H2,1-4H3. The number of rotatable bonds is 7. The molecular weight excluding hydrogens is 356 g/mol. The van der Waals surface area contributed by atoms with Crippen LogP contribution in [0.5, 0.6) is 11.5 Å². The Morgan fingerprint density at radius 1 is 1.11 bits per heavy atom. The van der Waals surface area contributed by atoms with Gasteiger partial charge in [0, 0.05) is 13.6 Å². The van der Waals surface area contributed by atoms with Gasteiger partial charge in [-0.3, -0.25) is 4.79 Å². The molecule has 1 heterocycles. The highest BCUT2D eigenvalue weighted by Crippen LogP contribution is 2.23. The number of carbonyl (C=O) groups excluding carboxylic acids is 1. The second-order valence-corrected chi connectivity index (χ2v) is 6.60. The van der Waals surface area contributed by atoms with Crippen molar-refractivity contribution in [1.29, 1.82) is 0 Å². The van der Waals surface area contributed by atoms with Crippen molar-refractivity contribution in [2.24, 2.45) is 0 Å². The van der Waals surface area contributed by atoms with Gasteiger partial charge in [0.25, 0.3) is 5.91 Å². The number of benzene rings is 2. The Kier molecular flexibility index (Phi) is 5.99. The van der Waals surface area contributed by atoms with E-state index < -0.39 is 0 Å². The summed E-state index contributed by atoms with van der Waals surface area (Å²) in [6.07, 6.45) is 0. The monoisotopic (exact) mass is 380 g/mol. The molecule has 3 aromatic rings. The van der Waals surface area contributed by atoms with Crippen LogP contribution >= 0.6 is 0 Å². The van der Waals surface area contributed by atoms with Gasteiger partial charge in [0.1, 0.15) is 23.9 Å². The number of hydrogen-bond acceptors (Lipinski definition) is 5. The van der Waals surface area contributed by atoms with Crippen LogP contribution in [0, 0.1) is 13.8 Å². The van der Waals surface area contributed by atoms with Crippen molar-refractivity contribution in [3.05, 3.63) is 76.7 Å². The second kappa shape index (κ2) is 8.61. The van der Waals surface area contributed by atoms with Crippen molar-refractivity contribution in [3.8, 4) is 11.5 Å². The molecule has 1 amide bonds. The number of para-hydroxylation sites is 1. The van der Waals surface area contributed by atoms with Crippen LogP contribution in [0.1, 0.15) is 32.9 Å². The van der Waals surface area contributed by atoms with Crippen LogP contribution < -0.4 is 9.47 Å². The van der Waals surface area contributed by atoms with E-state index in [-0.39, 0.29) is 5.91 Å². The molecule has 0 radical (unpaired) electrons. The van der Waals surface area contributed by atoms with Gasteiger partial charge in [0.05, 0.1) is 23.9 Å². The number of hydrogen-bond donors (Lipinski definition) is 0. The zero-order valence-electron chi connectivity index (χ0n) is 16.6. The van der Waals surface area contributed by atoms with Crippen LogP contribution in [-0.2, 0) is 13.2 Å². The van der Waals surface area contributed by atoms with Crippen molar-refractivity contribution < 1.29 is 18.8 Å². The molecule has 6 nitrogen and oxygen atoms in total. The average molecular weight is 380 g/mol. The molecule has 6 heteroatoms. The Morgan fingerprint density at radius 3 is 2.46 bits per heavy atom. The Bertz CT molecular complexity index is 928. The molecule has 0 fully saturated rings. The number of amides is 1. The highest BCUT2D eigenvalue weighted by atomic mass is 16.5. The van der Waals surface area contributed by atoms with Gasteiger partial charge in [0.2, 0.25) is 0 Å². The summed E-state index contributed by atoms with van der Waals surface area (Å²) in [4.78, 5) is 14.6. The van der Waals surface area contributed by atoms with E-state index >= 15 is 0 Å². The molecule has 0 saturated carbocycles. The summed E-state index contributed by atoms with van der Waals surface area (Å²) in [6.45, 7) is 4.50. The predicted molar refractivity (Wildman–Crippen MR) is 106 cm³/mol. The third kappa shape index (κ3) is 4.34. The molecule has 0 N–H and O–H groups in total. The van der Waals surface area contributed by atoms with E-state index in [0.717, 1.165) is 28.3 Å². The van der Waals surface area contributed by atoms with Crippen molar-refractivity contribution >= 4 is 5.91 Å². The van der Waals surface area contributed by atoms with E-state index in [0.29, 0.717) is 24.5 Å². The predicted octanol–water partition coefficient (Wildman–Crippen LogP) is 4.15. The van der Waals surface area contributed by atoms with Gasteiger partial charge < -0.3 is 18.9 Å². The van der Waals surface area contributed by atoms with Crippen LogP contribution in [0.3, 0.4) is 0 Å². The average Bonchev–Trinajstić information content (AvgIpc) is 3.04. The fraction of sp³-hybridized carbons (Fsp3) is 0.273. The van der Waals surface area contributed by atoms with Crippen molar-refractivity contribution in [2.75, 3.05) is 14.2 Å². The number of aryl methyl sites for hydroxylation is 2. The first kappa shape index (κ1) is 19.5. The van der Waals surface area contributed by atoms with Gasteiger partial charge in [-0.25, -0.2) is 0 Å². The van der Waals surface area contributed by atoms with E-state index in [9.17, 15) is 4.79 Å². The smallest absolute Gasteiger partial charge is 0.257 e. The second-order valence-electron chi connectivity index (χ2n) is 6.60. The van der Waals surface area contributed by atoms with Crippen molar-refractivity contribution in [2.45, 2.75) is 27.0 Å². The lowest BCUT2D eigenvalue weighted by Gasteiger charge is -2.19. The zero-order chi connectivity index (χ0) is 20.1. The van der Waals surface area contributed by atoms with Gasteiger partial charge in [-0.05, 0) is 43.7 Å². The minimum absolute atomic E-state index is 0.106. The number of ether oxygens (including phenoxy) is 2. The molecular formula is C22H24N2O4. The normalized spacial score (nSPS) is 10.6. The first-order chi connectivity index (χ1) is 13.5. The largest absolute Gasteiger partial charge is 0.497 e. The maximum Gasteiger partial charge on any atom is 0.257 e. The summed E-state index contributed by atoms with van der Waals surface area (Å²) in [5, 5.41) is 3.93. The molecule has 146 valence electrons. The van der Waals surface area contributed by atoms with Crippen LogP contribution in [0.4, 0.5) is 0 Å². The first-order valence-corrected chi connectivity index (χ1v) is 9.01. The lowest BCUT2D eigenvalue weighted by Crippen LogP contribution is -2.26. The molecule has 0 spiro atoms. The minimum Gasteiger partial charge on any atom is -0.497 e. The van der Waals surface area contributed by atoms with E-state index in [1.54, 1.807) is 31.2 Å². The van der Waals surface area contributed by atoms with Crippen LogP contribution in [0.2, 0.25) is 0 Å². The van der Waals surface area contributed by atoms with Crippen LogP contribution in [0.25, 0.3) is 0 Å². The fourth-order valence-electron chi connectivity index (χ4n) is 2.91. The van der Waals surface area contributed by atoms with E-state index in [1.807, 2.05) is 50.2 Å². The van der Waals surface area contributed by atoms with Crippen molar-refractivity contribution in [1.82, 2.24) is 10.1 Å². The topological polar surface area (TPSA) is 64.8 Å². The Balaban J connectivity index is 1.72. The van der Waals surface area contributed by atoms with Gasteiger partial charge in [-0.1, -0.05) is 29.4 Å². The fourth-order valence-corrected chi connectivity index (χ4v) is 2.91. The summed E-state index contributed by atoms with van der Waals surface area (Å²) in [6, 6.07) is 14.9. The van der Waals surface area contributed by atoms with Crippen LogP contribution in [-0.4, -0.2) is 30.1 Å². The number of methoxy groups -OCH3 is 1. The molecule has 0 bridgehead atoms.